The first-order chi connectivity index (χ1) is 9.12. The second-order valence-corrected chi connectivity index (χ2v) is 4.81. The van der Waals surface area contributed by atoms with E-state index < -0.39 is 5.54 Å². The van der Waals surface area contributed by atoms with E-state index in [-0.39, 0.29) is 0 Å². The highest BCUT2D eigenvalue weighted by molar-refractivity contribution is 5.84. The second-order valence-electron chi connectivity index (χ2n) is 4.81. The molecule has 0 saturated carbocycles. The van der Waals surface area contributed by atoms with Crippen molar-refractivity contribution in [2.45, 2.75) is 25.3 Å². The summed E-state index contributed by atoms with van der Waals surface area (Å²) in [5, 5.41) is 9.88. The van der Waals surface area contributed by atoms with Gasteiger partial charge in [-0.05, 0) is 31.9 Å². The Morgan fingerprint density at radius 1 is 1.37 bits per heavy atom. The van der Waals surface area contributed by atoms with Gasteiger partial charge in [0.1, 0.15) is 16.8 Å². The molecule has 0 amide bonds. The summed E-state index contributed by atoms with van der Waals surface area (Å²) in [4.78, 5) is 4.32. The second kappa shape index (κ2) is 5.68. The van der Waals surface area contributed by atoms with E-state index in [1.54, 1.807) is 13.1 Å². The first-order valence-electron chi connectivity index (χ1n) is 6.29. The molecule has 4 heteroatoms. The lowest BCUT2D eigenvalue weighted by molar-refractivity contribution is 0.298. The molecule has 2 N–H and O–H groups in total. The zero-order chi connectivity index (χ0) is 13.7. The van der Waals surface area contributed by atoms with Crippen molar-refractivity contribution in [1.29, 1.82) is 5.26 Å². The minimum Gasteiger partial charge on any atom is -0.491 e. The lowest BCUT2D eigenvalue weighted by Crippen LogP contribution is -2.34. The zero-order valence-electron chi connectivity index (χ0n) is 11.0. The molecule has 0 radical (unpaired) electrons. The summed E-state index contributed by atoms with van der Waals surface area (Å²) in [6, 6.07) is 11.8. The average Bonchev–Trinajstić information content (AvgIpc) is 2.44. The van der Waals surface area contributed by atoms with Crippen molar-refractivity contribution in [3.05, 3.63) is 36.5 Å². The van der Waals surface area contributed by atoms with Crippen molar-refractivity contribution in [3.63, 3.8) is 0 Å². The fraction of sp³-hybridized carbons (Fsp3) is 0.333. The summed E-state index contributed by atoms with van der Waals surface area (Å²) in [5.41, 5.74) is 5.84. The zero-order valence-corrected chi connectivity index (χ0v) is 11.0. The van der Waals surface area contributed by atoms with Gasteiger partial charge >= 0.3 is 0 Å². The van der Waals surface area contributed by atoms with E-state index in [1.807, 2.05) is 30.3 Å². The van der Waals surface area contributed by atoms with Crippen LogP contribution in [0.4, 0.5) is 0 Å². The number of rotatable bonds is 5. The van der Waals surface area contributed by atoms with E-state index in [2.05, 4.69) is 11.1 Å². The molecule has 0 aliphatic carbocycles. The number of benzene rings is 1. The first kappa shape index (κ1) is 13.3. The summed E-state index contributed by atoms with van der Waals surface area (Å²) in [7, 11) is 0. The SMILES string of the molecule is CC(N)(C#N)CCCOc1cccc2cccnc12. The van der Waals surface area contributed by atoms with Crippen LogP contribution < -0.4 is 10.5 Å². The molecule has 1 unspecified atom stereocenters. The predicted octanol–water partition coefficient (Wildman–Crippen LogP) is 2.63. The van der Waals surface area contributed by atoms with Gasteiger partial charge in [0, 0.05) is 11.6 Å². The fourth-order valence-electron chi connectivity index (χ4n) is 1.87. The van der Waals surface area contributed by atoms with Crippen molar-refractivity contribution in [3.8, 4) is 11.8 Å². The average molecular weight is 255 g/mol. The van der Waals surface area contributed by atoms with E-state index >= 15 is 0 Å². The summed E-state index contributed by atoms with van der Waals surface area (Å²) in [6.45, 7) is 2.26. The predicted molar refractivity (Wildman–Crippen MR) is 74.7 cm³/mol. The number of ether oxygens (including phenoxy) is 1. The van der Waals surface area contributed by atoms with Crippen molar-refractivity contribution in [2.24, 2.45) is 5.73 Å². The highest BCUT2D eigenvalue weighted by Crippen LogP contribution is 2.23. The van der Waals surface area contributed by atoms with Gasteiger partial charge in [-0.15, -0.1) is 0 Å². The molecule has 1 aromatic heterocycles. The molecular formula is C15H17N3O. The van der Waals surface area contributed by atoms with E-state index in [0.717, 1.165) is 23.1 Å². The van der Waals surface area contributed by atoms with E-state index in [4.69, 9.17) is 15.7 Å². The highest BCUT2D eigenvalue weighted by Gasteiger charge is 2.16. The number of hydrogen-bond donors (Lipinski definition) is 1. The molecule has 1 aromatic carbocycles. The summed E-state index contributed by atoms with van der Waals surface area (Å²) >= 11 is 0. The molecule has 1 heterocycles. The number of para-hydroxylation sites is 1. The number of nitrogens with two attached hydrogens (primary N) is 1. The molecule has 2 aromatic rings. The number of fused-ring (bicyclic) bond motifs is 1. The molecule has 0 aliphatic rings. The van der Waals surface area contributed by atoms with Gasteiger partial charge in [-0.1, -0.05) is 18.2 Å². The van der Waals surface area contributed by atoms with Crippen LogP contribution in [0.2, 0.25) is 0 Å². The maximum absolute atomic E-state index is 8.83. The molecule has 0 fully saturated rings. The third kappa shape index (κ3) is 3.43. The van der Waals surface area contributed by atoms with Crippen molar-refractivity contribution < 1.29 is 4.74 Å². The van der Waals surface area contributed by atoms with Crippen molar-refractivity contribution in [2.75, 3.05) is 6.61 Å². The van der Waals surface area contributed by atoms with Crippen LogP contribution in [0.15, 0.2) is 36.5 Å². The fourth-order valence-corrected chi connectivity index (χ4v) is 1.87. The van der Waals surface area contributed by atoms with Gasteiger partial charge in [0.25, 0.3) is 0 Å². The molecule has 0 saturated heterocycles. The molecule has 4 nitrogen and oxygen atoms in total. The Bertz CT molecular complexity index is 596. The number of nitriles is 1. The third-order valence-electron chi connectivity index (χ3n) is 2.95. The Morgan fingerprint density at radius 2 is 2.16 bits per heavy atom. The molecular weight excluding hydrogens is 238 g/mol. The van der Waals surface area contributed by atoms with Gasteiger partial charge in [0.05, 0.1) is 12.7 Å². The van der Waals surface area contributed by atoms with Gasteiger partial charge in [0.2, 0.25) is 0 Å². The Hall–Kier alpha value is -2.12. The largest absolute Gasteiger partial charge is 0.491 e. The molecule has 0 bridgehead atoms. The number of nitrogens with zero attached hydrogens (tertiary/aromatic N) is 2. The summed E-state index contributed by atoms with van der Waals surface area (Å²) in [6.07, 6.45) is 3.10. The maximum atomic E-state index is 8.83. The molecule has 1 atom stereocenters. The van der Waals surface area contributed by atoms with Crippen LogP contribution in [-0.4, -0.2) is 17.1 Å². The Balaban J connectivity index is 1.98. The summed E-state index contributed by atoms with van der Waals surface area (Å²) < 4.78 is 5.73. The molecule has 0 aliphatic heterocycles. The van der Waals surface area contributed by atoms with Crippen LogP contribution in [0.1, 0.15) is 19.8 Å². The smallest absolute Gasteiger partial charge is 0.145 e. The quantitative estimate of drug-likeness (QED) is 0.834. The minimum absolute atomic E-state index is 0.532. The number of hydrogen-bond acceptors (Lipinski definition) is 4. The minimum atomic E-state index is -0.777. The lowest BCUT2D eigenvalue weighted by atomic mass is 10.00. The van der Waals surface area contributed by atoms with Crippen LogP contribution in [0.25, 0.3) is 10.9 Å². The van der Waals surface area contributed by atoms with Crippen LogP contribution in [-0.2, 0) is 0 Å². The number of aromatic nitrogens is 1. The van der Waals surface area contributed by atoms with Crippen LogP contribution in [0, 0.1) is 11.3 Å². The highest BCUT2D eigenvalue weighted by atomic mass is 16.5. The van der Waals surface area contributed by atoms with Crippen molar-refractivity contribution in [1.82, 2.24) is 4.98 Å². The topological polar surface area (TPSA) is 71.9 Å². The molecule has 2 rings (SSSR count). The third-order valence-corrected chi connectivity index (χ3v) is 2.95. The van der Waals surface area contributed by atoms with Gasteiger partial charge in [-0.2, -0.15) is 5.26 Å². The first-order valence-corrected chi connectivity index (χ1v) is 6.29. The van der Waals surface area contributed by atoms with E-state index in [9.17, 15) is 0 Å². The van der Waals surface area contributed by atoms with Gasteiger partial charge in [0.15, 0.2) is 0 Å². The maximum Gasteiger partial charge on any atom is 0.145 e. The number of pyridine rings is 1. The van der Waals surface area contributed by atoms with Gasteiger partial charge in [-0.25, -0.2) is 0 Å². The Morgan fingerprint density at radius 3 is 2.95 bits per heavy atom. The molecule has 0 spiro atoms. The lowest BCUT2D eigenvalue weighted by Gasteiger charge is -2.15. The normalized spacial score (nSPS) is 13.7. The monoisotopic (exact) mass is 255 g/mol. The van der Waals surface area contributed by atoms with Gasteiger partial charge < -0.3 is 10.5 Å². The van der Waals surface area contributed by atoms with Crippen LogP contribution >= 0.6 is 0 Å². The molecule has 98 valence electrons. The summed E-state index contributed by atoms with van der Waals surface area (Å²) in [5.74, 6) is 0.772. The molecule has 19 heavy (non-hydrogen) atoms. The Kier molecular flexibility index (Phi) is 3.98. The van der Waals surface area contributed by atoms with E-state index in [1.165, 1.54) is 0 Å². The van der Waals surface area contributed by atoms with E-state index in [0.29, 0.717) is 13.0 Å². The standard InChI is InChI=1S/C15H17N3O/c1-15(17,11-16)8-4-10-19-13-7-2-5-12-6-3-9-18-14(12)13/h2-3,5-7,9H,4,8,10,17H2,1H3. The van der Waals surface area contributed by atoms with Gasteiger partial charge in [-0.3, -0.25) is 4.98 Å². The van der Waals surface area contributed by atoms with Crippen LogP contribution in [0.5, 0.6) is 5.75 Å². The van der Waals surface area contributed by atoms with Crippen molar-refractivity contribution >= 4 is 10.9 Å². The Labute approximate surface area is 112 Å². The van der Waals surface area contributed by atoms with Crippen LogP contribution in [0.3, 0.4) is 0 Å².